The predicted molar refractivity (Wildman–Crippen MR) is 89.3 cm³/mol. The number of ether oxygens (including phenoxy) is 1. The van der Waals surface area contributed by atoms with Crippen molar-refractivity contribution in [2.24, 2.45) is 0 Å². The average molecular weight is 373 g/mol. The molecule has 2 aliphatic rings. The van der Waals surface area contributed by atoms with Crippen LogP contribution in [-0.4, -0.2) is 58.7 Å². The minimum absolute atomic E-state index is 0.0467. The van der Waals surface area contributed by atoms with Gasteiger partial charge in [-0.2, -0.15) is 8.42 Å². The molecule has 1 aromatic rings. The molecule has 0 amide bonds. The molecule has 8 nitrogen and oxygen atoms in total. The van der Waals surface area contributed by atoms with Gasteiger partial charge in [-0.1, -0.05) is 30.3 Å². The van der Waals surface area contributed by atoms with Gasteiger partial charge < -0.3 is 14.7 Å². The molecule has 1 aromatic carbocycles. The molecule has 0 aromatic heterocycles. The molecule has 0 radical (unpaired) electrons. The largest absolute Gasteiger partial charge is 0.460 e. The van der Waals surface area contributed by atoms with E-state index in [1.165, 1.54) is 12.8 Å². The summed E-state index contributed by atoms with van der Waals surface area (Å²) < 4.78 is 37.1. The van der Waals surface area contributed by atoms with Crippen molar-refractivity contribution >= 4 is 16.4 Å². The Balaban J connectivity index is 0.000000399. The van der Waals surface area contributed by atoms with Crippen molar-refractivity contribution in [3.63, 3.8) is 0 Å². The number of rotatable bonds is 3. The van der Waals surface area contributed by atoms with Crippen LogP contribution in [0.5, 0.6) is 0 Å². The summed E-state index contributed by atoms with van der Waals surface area (Å²) in [6.45, 7) is 0. The zero-order valence-corrected chi connectivity index (χ0v) is 14.7. The van der Waals surface area contributed by atoms with E-state index in [4.69, 9.17) is 22.3 Å². The molecule has 25 heavy (non-hydrogen) atoms. The number of piperidine rings is 1. The van der Waals surface area contributed by atoms with Crippen LogP contribution in [0.1, 0.15) is 37.4 Å². The molecule has 140 valence electrons. The lowest BCUT2D eigenvalue weighted by Crippen LogP contribution is -2.43. The summed E-state index contributed by atoms with van der Waals surface area (Å²) in [7, 11) is -2.51. The maximum atomic E-state index is 12.0. The van der Waals surface area contributed by atoms with Crippen molar-refractivity contribution in [2.45, 2.75) is 50.0 Å². The first-order valence-electron chi connectivity index (χ1n) is 8.00. The number of fused-ring (bicyclic) bond motifs is 2. The minimum Gasteiger partial charge on any atom is -0.460 e. The summed E-state index contributed by atoms with van der Waals surface area (Å²) in [4.78, 5) is 14.4. The Bertz CT molecular complexity index is 657. The first kappa shape index (κ1) is 19.8. The SMILES string of the molecule is CN1[C@@H]2CC[C@H]1CC(OC(=O)[C@H](O)c1ccccc1)C2.O=S(=O)(O)O. The van der Waals surface area contributed by atoms with E-state index in [-0.39, 0.29) is 6.10 Å². The molecule has 1 unspecified atom stereocenters. The molecule has 2 bridgehead atoms. The number of hydrogen-bond donors (Lipinski definition) is 3. The van der Waals surface area contributed by atoms with Gasteiger partial charge in [0.2, 0.25) is 0 Å². The highest BCUT2D eigenvalue weighted by Crippen LogP contribution is 2.35. The Morgan fingerprint density at radius 3 is 2.12 bits per heavy atom. The number of benzene rings is 1. The third kappa shape index (κ3) is 6.05. The van der Waals surface area contributed by atoms with E-state index in [9.17, 15) is 9.90 Å². The van der Waals surface area contributed by atoms with E-state index in [1.54, 1.807) is 12.1 Å². The van der Waals surface area contributed by atoms with Gasteiger partial charge in [0.05, 0.1) is 0 Å². The molecule has 9 heteroatoms. The van der Waals surface area contributed by atoms with Gasteiger partial charge >= 0.3 is 16.4 Å². The number of nitrogens with zero attached hydrogens (tertiary/aromatic N) is 1. The van der Waals surface area contributed by atoms with Crippen LogP contribution in [0.25, 0.3) is 0 Å². The Hall–Kier alpha value is -1.52. The number of aliphatic hydroxyl groups is 1. The lowest BCUT2D eigenvalue weighted by molar-refractivity contribution is -0.162. The number of esters is 1. The highest BCUT2D eigenvalue weighted by Gasteiger charge is 2.40. The van der Waals surface area contributed by atoms with E-state index < -0.39 is 22.5 Å². The second-order valence-corrected chi connectivity index (χ2v) is 7.24. The molecular weight excluding hydrogens is 350 g/mol. The lowest BCUT2D eigenvalue weighted by Gasteiger charge is -2.36. The summed E-state index contributed by atoms with van der Waals surface area (Å²) in [5.74, 6) is -0.523. The normalized spacial score (nSPS) is 27.1. The summed E-state index contributed by atoms with van der Waals surface area (Å²) in [5.41, 5.74) is 0.591. The fraction of sp³-hybridized carbons (Fsp3) is 0.562. The molecule has 0 aliphatic carbocycles. The molecular formula is C16H23NO7S. The predicted octanol–water partition coefficient (Wildman–Crippen LogP) is 1.24. The molecule has 2 saturated heterocycles. The molecule has 0 spiro atoms. The second-order valence-electron chi connectivity index (χ2n) is 6.34. The lowest BCUT2D eigenvalue weighted by atomic mass is 10.0. The number of carbonyl (C=O) groups excluding carboxylic acids is 1. The maximum Gasteiger partial charge on any atom is 0.394 e. The van der Waals surface area contributed by atoms with Gasteiger partial charge in [-0.3, -0.25) is 9.11 Å². The van der Waals surface area contributed by atoms with Crippen LogP contribution in [0.15, 0.2) is 30.3 Å². The van der Waals surface area contributed by atoms with Crippen molar-refractivity contribution in [2.75, 3.05) is 7.05 Å². The van der Waals surface area contributed by atoms with Crippen LogP contribution in [0, 0.1) is 0 Å². The molecule has 3 rings (SSSR count). The maximum absolute atomic E-state index is 12.0. The Kier molecular flexibility index (Phi) is 6.53. The first-order chi connectivity index (χ1) is 11.6. The monoisotopic (exact) mass is 373 g/mol. The Morgan fingerprint density at radius 2 is 1.64 bits per heavy atom. The first-order valence-corrected chi connectivity index (χ1v) is 9.40. The average Bonchev–Trinajstić information content (AvgIpc) is 2.74. The van der Waals surface area contributed by atoms with Gasteiger partial charge in [0.1, 0.15) is 6.10 Å². The van der Waals surface area contributed by atoms with Crippen LogP contribution in [-0.2, 0) is 19.9 Å². The standard InChI is InChI=1S/C16H21NO3.H2O4S/c1-17-12-7-8-13(17)10-14(9-12)20-16(19)15(18)11-5-3-2-4-6-11;1-5(2,3)4/h2-6,12-15,18H,7-10H2,1H3;(H2,1,2,3,4)/t12-,13+,14?,15-;/m1./s1. The van der Waals surface area contributed by atoms with Crippen LogP contribution in [0.4, 0.5) is 0 Å². The van der Waals surface area contributed by atoms with Gasteiger partial charge in [0, 0.05) is 12.1 Å². The summed E-state index contributed by atoms with van der Waals surface area (Å²) >= 11 is 0. The third-order valence-electron chi connectivity index (χ3n) is 4.68. The van der Waals surface area contributed by atoms with Gasteiger partial charge in [0.15, 0.2) is 6.10 Å². The Morgan fingerprint density at radius 1 is 1.16 bits per heavy atom. The van der Waals surface area contributed by atoms with Crippen molar-refractivity contribution in [3.05, 3.63) is 35.9 Å². The fourth-order valence-corrected chi connectivity index (χ4v) is 3.46. The van der Waals surface area contributed by atoms with Crippen LogP contribution >= 0.6 is 0 Å². The van der Waals surface area contributed by atoms with Crippen molar-refractivity contribution < 1.29 is 32.2 Å². The van der Waals surface area contributed by atoms with Crippen LogP contribution < -0.4 is 0 Å². The van der Waals surface area contributed by atoms with Gasteiger partial charge in [-0.05, 0) is 38.3 Å². The van der Waals surface area contributed by atoms with E-state index in [1.807, 2.05) is 18.2 Å². The molecule has 4 atom stereocenters. The quantitative estimate of drug-likeness (QED) is 0.534. The topological polar surface area (TPSA) is 124 Å². The number of aliphatic hydroxyl groups excluding tert-OH is 1. The molecule has 0 saturated carbocycles. The zero-order chi connectivity index (χ0) is 18.6. The van der Waals surface area contributed by atoms with E-state index in [0.717, 1.165) is 12.8 Å². The van der Waals surface area contributed by atoms with Crippen LogP contribution in [0.2, 0.25) is 0 Å². The number of carbonyl (C=O) groups is 1. The molecule has 2 fully saturated rings. The van der Waals surface area contributed by atoms with Gasteiger partial charge in [0.25, 0.3) is 0 Å². The van der Waals surface area contributed by atoms with E-state index >= 15 is 0 Å². The van der Waals surface area contributed by atoms with E-state index in [0.29, 0.717) is 17.6 Å². The van der Waals surface area contributed by atoms with Crippen molar-refractivity contribution in [1.29, 1.82) is 0 Å². The third-order valence-corrected chi connectivity index (χ3v) is 4.68. The van der Waals surface area contributed by atoms with Crippen LogP contribution in [0.3, 0.4) is 0 Å². The summed E-state index contributed by atoms with van der Waals surface area (Å²) in [6, 6.07) is 10.0. The fourth-order valence-electron chi connectivity index (χ4n) is 3.46. The summed E-state index contributed by atoms with van der Waals surface area (Å²) in [6.07, 6.45) is 2.94. The highest BCUT2D eigenvalue weighted by molar-refractivity contribution is 7.79. The molecule has 3 N–H and O–H groups in total. The van der Waals surface area contributed by atoms with Gasteiger partial charge in [-0.25, -0.2) is 4.79 Å². The van der Waals surface area contributed by atoms with E-state index in [2.05, 4.69) is 11.9 Å². The molecule has 2 aliphatic heterocycles. The zero-order valence-electron chi connectivity index (χ0n) is 13.9. The smallest absolute Gasteiger partial charge is 0.394 e. The second kappa shape index (κ2) is 8.24. The Labute approximate surface area is 147 Å². The van der Waals surface area contributed by atoms with Crippen molar-refractivity contribution in [1.82, 2.24) is 4.90 Å². The highest BCUT2D eigenvalue weighted by atomic mass is 32.3. The van der Waals surface area contributed by atoms with Crippen molar-refractivity contribution in [3.8, 4) is 0 Å². The molecule has 2 heterocycles. The summed E-state index contributed by atoms with van der Waals surface area (Å²) in [5, 5.41) is 10.0. The minimum atomic E-state index is -4.67. The van der Waals surface area contributed by atoms with Gasteiger partial charge in [-0.15, -0.1) is 0 Å². The number of hydrogen-bond acceptors (Lipinski definition) is 6.